The number of ether oxygens (including phenoxy) is 3. The van der Waals surface area contributed by atoms with Crippen LogP contribution in [0.3, 0.4) is 0 Å². The molecule has 1 aliphatic carbocycles. The Morgan fingerprint density at radius 3 is 2.81 bits per heavy atom. The summed E-state index contributed by atoms with van der Waals surface area (Å²) in [4.78, 5) is 0. The molecular formula is C12H14O4. The third-order valence-electron chi connectivity index (χ3n) is 3.23. The van der Waals surface area contributed by atoms with Crippen LogP contribution in [0.15, 0.2) is 18.2 Å². The van der Waals surface area contributed by atoms with Gasteiger partial charge < -0.3 is 19.3 Å². The Hall–Kier alpha value is -1.10. The lowest BCUT2D eigenvalue weighted by molar-refractivity contribution is -0.174. The molecule has 16 heavy (non-hydrogen) atoms. The summed E-state index contributed by atoms with van der Waals surface area (Å²) in [5.41, 5.74) is 1.70. The van der Waals surface area contributed by atoms with E-state index >= 15 is 0 Å². The Kier molecular flexibility index (Phi) is 2.17. The average Bonchev–Trinajstić information content (AvgIpc) is 2.87. The van der Waals surface area contributed by atoms with Crippen LogP contribution in [0.4, 0.5) is 0 Å². The zero-order valence-corrected chi connectivity index (χ0v) is 9.10. The number of aliphatic hydroxyl groups excluding tert-OH is 1. The van der Waals surface area contributed by atoms with Crippen molar-refractivity contribution >= 4 is 0 Å². The van der Waals surface area contributed by atoms with Crippen LogP contribution in [0.5, 0.6) is 5.75 Å². The van der Waals surface area contributed by atoms with Crippen molar-refractivity contribution in [1.29, 1.82) is 0 Å². The fraction of sp³-hybridized carbons (Fsp3) is 0.500. The second kappa shape index (κ2) is 3.45. The molecule has 1 aromatic carbocycles. The molecule has 0 aromatic heterocycles. The van der Waals surface area contributed by atoms with Crippen LogP contribution in [-0.4, -0.2) is 25.4 Å². The molecule has 0 saturated carbocycles. The van der Waals surface area contributed by atoms with Crippen molar-refractivity contribution < 1.29 is 19.3 Å². The number of methoxy groups -OCH3 is 1. The van der Waals surface area contributed by atoms with E-state index in [1.54, 1.807) is 7.11 Å². The van der Waals surface area contributed by atoms with Crippen LogP contribution in [0, 0.1) is 0 Å². The van der Waals surface area contributed by atoms with E-state index in [0.717, 1.165) is 16.9 Å². The molecule has 86 valence electrons. The van der Waals surface area contributed by atoms with E-state index in [9.17, 15) is 5.11 Å². The van der Waals surface area contributed by atoms with E-state index in [1.807, 2.05) is 18.2 Å². The molecule has 1 aromatic rings. The molecule has 1 N–H and O–H groups in total. The Bertz CT molecular complexity index is 409. The van der Waals surface area contributed by atoms with E-state index in [4.69, 9.17) is 14.2 Å². The van der Waals surface area contributed by atoms with E-state index in [2.05, 4.69) is 0 Å². The van der Waals surface area contributed by atoms with Gasteiger partial charge in [0, 0.05) is 6.42 Å². The molecule has 1 fully saturated rings. The van der Waals surface area contributed by atoms with Crippen molar-refractivity contribution in [1.82, 2.24) is 0 Å². The molecule has 4 heteroatoms. The first-order valence-electron chi connectivity index (χ1n) is 5.40. The fourth-order valence-corrected chi connectivity index (χ4v) is 2.59. The zero-order chi connectivity index (χ0) is 11.2. The monoisotopic (exact) mass is 222 g/mol. The third-order valence-corrected chi connectivity index (χ3v) is 3.23. The van der Waals surface area contributed by atoms with Crippen LogP contribution < -0.4 is 4.74 Å². The molecule has 1 spiro atoms. The lowest BCUT2D eigenvalue weighted by Gasteiger charge is -2.24. The average molecular weight is 222 g/mol. The molecule has 0 radical (unpaired) electrons. The maximum Gasteiger partial charge on any atom is 0.201 e. The van der Waals surface area contributed by atoms with Crippen LogP contribution >= 0.6 is 0 Å². The highest BCUT2D eigenvalue weighted by molar-refractivity contribution is 5.48. The van der Waals surface area contributed by atoms with Crippen molar-refractivity contribution in [3.05, 3.63) is 29.3 Å². The Balaban J connectivity index is 2.18. The summed E-state index contributed by atoms with van der Waals surface area (Å²) in [7, 11) is 1.61. The molecule has 3 rings (SSSR count). The minimum Gasteiger partial charge on any atom is -0.496 e. The predicted molar refractivity (Wildman–Crippen MR) is 56.2 cm³/mol. The molecule has 1 heterocycles. The highest BCUT2D eigenvalue weighted by Crippen LogP contribution is 2.51. The molecule has 1 unspecified atom stereocenters. The van der Waals surface area contributed by atoms with Gasteiger partial charge in [-0.2, -0.15) is 0 Å². The van der Waals surface area contributed by atoms with Crippen molar-refractivity contribution in [2.75, 3.05) is 20.3 Å². The largest absolute Gasteiger partial charge is 0.496 e. The first-order chi connectivity index (χ1) is 7.77. The maximum absolute atomic E-state index is 10.0. The van der Waals surface area contributed by atoms with Gasteiger partial charge in [-0.15, -0.1) is 0 Å². The number of rotatable bonds is 1. The van der Waals surface area contributed by atoms with Gasteiger partial charge in [0.25, 0.3) is 0 Å². The lowest BCUT2D eigenvalue weighted by atomic mass is 10.1. The fourth-order valence-electron chi connectivity index (χ4n) is 2.59. The van der Waals surface area contributed by atoms with E-state index in [-0.39, 0.29) is 0 Å². The van der Waals surface area contributed by atoms with Gasteiger partial charge in [0.15, 0.2) is 0 Å². The van der Waals surface area contributed by atoms with Crippen LogP contribution in [0.1, 0.15) is 23.7 Å². The number of hydrogen-bond acceptors (Lipinski definition) is 4. The molecule has 0 amide bonds. The van der Waals surface area contributed by atoms with Crippen molar-refractivity contribution in [2.24, 2.45) is 0 Å². The first kappa shape index (κ1) is 10.1. The van der Waals surface area contributed by atoms with Gasteiger partial charge >= 0.3 is 0 Å². The van der Waals surface area contributed by atoms with Gasteiger partial charge in [0.05, 0.1) is 32.0 Å². The molecule has 1 saturated heterocycles. The molecule has 1 aliphatic heterocycles. The van der Waals surface area contributed by atoms with Gasteiger partial charge in [0.1, 0.15) is 5.75 Å². The summed E-state index contributed by atoms with van der Waals surface area (Å²) in [6.45, 7) is 1.12. The quantitative estimate of drug-likeness (QED) is 0.778. The highest BCUT2D eigenvalue weighted by atomic mass is 16.7. The smallest absolute Gasteiger partial charge is 0.201 e. The Morgan fingerprint density at radius 1 is 1.38 bits per heavy atom. The first-order valence-corrected chi connectivity index (χ1v) is 5.40. The van der Waals surface area contributed by atoms with Gasteiger partial charge in [0.2, 0.25) is 5.79 Å². The van der Waals surface area contributed by atoms with Crippen LogP contribution in [0.2, 0.25) is 0 Å². The van der Waals surface area contributed by atoms with E-state index in [0.29, 0.717) is 19.6 Å². The molecule has 0 bridgehead atoms. The van der Waals surface area contributed by atoms with Gasteiger partial charge in [-0.05, 0) is 11.6 Å². The SMILES string of the molecule is COc1cccc2c1C1(CC2O)OCCO1. The Morgan fingerprint density at radius 2 is 2.12 bits per heavy atom. The predicted octanol–water partition coefficient (Wildman–Crippen LogP) is 1.33. The number of benzene rings is 1. The second-order valence-corrected chi connectivity index (χ2v) is 4.09. The third kappa shape index (κ3) is 1.21. The minimum absolute atomic E-state index is 0.447. The molecule has 1 atom stereocenters. The maximum atomic E-state index is 10.0. The topological polar surface area (TPSA) is 47.9 Å². The summed E-state index contributed by atoms with van der Waals surface area (Å²) in [5.74, 6) is -0.0719. The minimum atomic E-state index is -0.790. The standard InChI is InChI=1S/C12H14O4/c1-14-10-4-2-3-8-9(13)7-12(11(8)10)15-5-6-16-12/h2-4,9,13H,5-7H2,1H3. The molecular weight excluding hydrogens is 208 g/mol. The summed E-state index contributed by atoms with van der Waals surface area (Å²) >= 11 is 0. The van der Waals surface area contributed by atoms with Crippen LogP contribution in [0.25, 0.3) is 0 Å². The lowest BCUT2D eigenvalue weighted by Crippen LogP contribution is -2.24. The van der Waals surface area contributed by atoms with Crippen molar-refractivity contribution in [3.8, 4) is 5.75 Å². The normalized spacial score (nSPS) is 26.0. The van der Waals surface area contributed by atoms with Gasteiger partial charge in [-0.25, -0.2) is 0 Å². The molecule has 2 aliphatic rings. The van der Waals surface area contributed by atoms with E-state index in [1.165, 1.54) is 0 Å². The van der Waals surface area contributed by atoms with E-state index < -0.39 is 11.9 Å². The second-order valence-electron chi connectivity index (χ2n) is 4.09. The summed E-state index contributed by atoms with van der Waals surface area (Å²) in [5, 5.41) is 10.0. The Labute approximate surface area is 93.7 Å². The molecule has 4 nitrogen and oxygen atoms in total. The summed E-state index contributed by atoms with van der Waals surface area (Å²) < 4.78 is 16.7. The van der Waals surface area contributed by atoms with Crippen molar-refractivity contribution in [3.63, 3.8) is 0 Å². The van der Waals surface area contributed by atoms with Crippen molar-refractivity contribution in [2.45, 2.75) is 18.3 Å². The summed E-state index contributed by atoms with van der Waals surface area (Å²) in [6.07, 6.45) is -0.0916. The zero-order valence-electron chi connectivity index (χ0n) is 9.10. The summed E-state index contributed by atoms with van der Waals surface area (Å²) in [6, 6.07) is 5.63. The number of fused-ring (bicyclic) bond motifs is 2. The number of aliphatic hydroxyl groups is 1. The van der Waals surface area contributed by atoms with Gasteiger partial charge in [-0.1, -0.05) is 12.1 Å². The van der Waals surface area contributed by atoms with Gasteiger partial charge in [-0.3, -0.25) is 0 Å². The number of hydrogen-bond donors (Lipinski definition) is 1. The highest BCUT2D eigenvalue weighted by Gasteiger charge is 2.50. The van der Waals surface area contributed by atoms with Crippen LogP contribution in [-0.2, 0) is 15.3 Å².